The van der Waals surface area contributed by atoms with Crippen molar-refractivity contribution in [1.82, 2.24) is 0 Å². The van der Waals surface area contributed by atoms with Gasteiger partial charge in [-0.3, -0.25) is 0 Å². The summed E-state index contributed by atoms with van der Waals surface area (Å²) in [6.45, 7) is 4.63. The van der Waals surface area contributed by atoms with Crippen molar-refractivity contribution in [3.8, 4) is 5.75 Å². The third-order valence-corrected chi connectivity index (χ3v) is 3.36. The second-order valence-electron chi connectivity index (χ2n) is 3.46. The Morgan fingerprint density at radius 1 is 1.06 bits per heavy atom. The molecule has 0 aliphatic carbocycles. The summed E-state index contributed by atoms with van der Waals surface area (Å²) >= 11 is 0. The average molecular weight is 234 g/mol. The van der Waals surface area contributed by atoms with Crippen molar-refractivity contribution in [2.24, 2.45) is 0 Å². The first-order valence-corrected chi connectivity index (χ1v) is 6.95. The summed E-state index contributed by atoms with van der Waals surface area (Å²) in [6, 6.07) is 14.4. The summed E-state index contributed by atoms with van der Waals surface area (Å²) in [5.41, 5.74) is 0. The van der Waals surface area contributed by atoms with E-state index < -0.39 is 8.38 Å². The van der Waals surface area contributed by atoms with Crippen LogP contribution in [0.1, 0.15) is 6.92 Å². The van der Waals surface area contributed by atoms with Gasteiger partial charge in [0.2, 0.25) is 8.38 Å². The molecule has 0 N–H and O–H groups in total. The predicted molar refractivity (Wildman–Crippen MR) is 69.0 cm³/mol. The van der Waals surface area contributed by atoms with Crippen LogP contribution in [0.5, 0.6) is 5.75 Å². The second-order valence-corrected chi connectivity index (χ2v) is 4.78. The Morgan fingerprint density at radius 3 is 2.56 bits per heavy atom. The van der Waals surface area contributed by atoms with Crippen molar-refractivity contribution in [2.75, 3.05) is 13.3 Å². The van der Waals surface area contributed by atoms with Gasteiger partial charge in [0, 0.05) is 6.66 Å². The zero-order chi connectivity index (χ0) is 11.4. The zero-order valence-electron chi connectivity index (χ0n) is 9.51. The lowest BCUT2D eigenvalue weighted by atomic mass is 10.1. The monoisotopic (exact) mass is 234 g/mol. The molecule has 0 aromatic heterocycles. The Hall–Kier alpha value is -1.11. The summed E-state index contributed by atoms with van der Waals surface area (Å²) < 4.78 is 11.1. The summed E-state index contributed by atoms with van der Waals surface area (Å²) in [4.78, 5) is 0. The van der Waals surface area contributed by atoms with E-state index in [1.807, 2.05) is 37.9 Å². The first-order valence-electron chi connectivity index (χ1n) is 5.33. The highest BCUT2D eigenvalue weighted by Crippen LogP contribution is 2.36. The fourth-order valence-corrected chi connectivity index (χ4v) is 2.41. The molecule has 1 unspecified atom stereocenters. The maximum atomic E-state index is 5.71. The fraction of sp³-hybridized carbons (Fsp3) is 0.231. The lowest BCUT2D eigenvalue weighted by Crippen LogP contribution is -1.90. The van der Waals surface area contributed by atoms with Crippen LogP contribution in [0.2, 0.25) is 0 Å². The minimum absolute atomic E-state index is 0.690. The minimum Gasteiger partial charge on any atom is -0.447 e. The van der Waals surface area contributed by atoms with Gasteiger partial charge in [0.1, 0.15) is 5.75 Å². The second kappa shape index (κ2) is 5.29. The van der Waals surface area contributed by atoms with E-state index in [1.165, 1.54) is 10.8 Å². The Morgan fingerprint density at radius 2 is 1.81 bits per heavy atom. The quantitative estimate of drug-likeness (QED) is 0.738. The van der Waals surface area contributed by atoms with Gasteiger partial charge in [-0.2, -0.15) is 0 Å². The lowest BCUT2D eigenvalue weighted by molar-refractivity contribution is 0.338. The normalized spacial score (nSPS) is 12.6. The highest BCUT2D eigenvalue weighted by molar-refractivity contribution is 7.46. The average Bonchev–Trinajstić information content (AvgIpc) is 2.29. The zero-order valence-corrected chi connectivity index (χ0v) is 10.4. The first-order chi connectivity index (χ1) is 7.79. The molecule has 0 fully saturated rings. The lowest BCUT2D eigenvalue weighted by Gasteiger charge is -2.13. The van der Waals surface area contributed by atoms with Crippen molar-refractivity contribution in [2.45, 2.75) is 6.92 Å². The van der Waals surface area contributed by atoms with E-state index in [0.29, 0.717) is 6.61 Å². The molecule has 16 heavy (non-hydrogen) atoms. The Bertz CT molecular complexity index is 470. The van der Waals surface area contributed by atoms with E-state index in [0.717, 1.165) is 5.75 Å². The van der Waals surface area contributed by atoms with Crippen LogP contribution in [0.4, 0.5) is 0 Å². The summed E-state index contributed by atoms with van der Waals surface area (Å²) in [5.74, 6) is 0.876. The van der Waals surface area contributed by atoms with Crippen molar-refractivity contribution in [1.29, 1.82) is 0 Å². The highest BCUT2D eigenvalue weighted by atomic mass is 31.2. The van der Waals surface area contributed by atoms with Crippen molar-refractivity contribution in [3.63, 3.8) is 0 Å². The number of hydrogen-bond acceptors (Lipinski definition) is 2. The van der Waals surface area contributed by atoms with Crippen LogP contribution in [0.25, 0.3) is 10.8 Å². The third kappa shape index (κ3) is 2.72. The first kappa shape index (κ1) is 11.4. The highest BCUT2D eigenvalue weighted by Gasteiger charge is 2.04. The number of rotatable bonds is 4. The van der Waals surface area contributed by atoms with Gasteiger partial charge >= 0.3 is 0 Å². The molecule has 84 valence electrons. The maximum absolute atomic E-state index is 5.71. The smallest absolute Gasteiger partial charge is 0.226 e. The van der Waals surface area contributed by atoms with Gasteiger partial charge in [0.05, 0.1) is 6.61 Å². The van der Waals surface area contributed by atoms with Crippen LogP contribution in [-0.2, 0) is 4.52 Å². The van der Waals surface area contributed by atoms with Crippen molar-refractivity contribution < 1.29 is 9.05 Å². The Labute approximate surface area is 97.1 Å². The molecule has 3 heteroatoms. The molecule has 0 aliphatic rings. The number of fused-ring (bicyclic) bond motifs is 1. The number of benzene rings is 2. The predicted octanol–water partition coefficient (Wildman–Crippen LogP) is 4.20. The Kier molecular flexibility index (Phi) is 3.76. The van der Waals surface area contributed by atoms with Gasteiger partial charge in [-0.05, 0) is 29.8 Å². The molecule has 1 atom stereocenters. The van der Waals surface area contributed by atoms with E-state index in [9.17, 15) is 0 Å². The van der Waals surface area contributed by atoms with Gasteiger partial charge in [-0.25, -0.2) is 0 Å². The van der Waals surface area contributed by atoms with Crippen LogP contribution < -0.4 is 4.52 Å². The topological polar surface area (TPSA) is 18.5 Å². The standard InChI is InChI=1S/C13H15O2P/c1-3-14-16(2)15-13-9-8-11-6-4-5-7-12(11)10-13/h4-10H,3H2,1-2H3. The molecule has 0 heterocycles. The van der Waals surface area contributed by atoms with Crippen molar-refractivity contribution in [3.05, 3.63) is 42.5 Å². The third-order valence-electron chi connectivity index (χ3n) is 2.27. The molecule has 0 saturated carbocycles. The van der Waals surface area contributed by atoms with Crippen LogP contribution >= 0.6 is 8.38 Å². The Balaban J connectivity index is 2.19. The van der Waals surface area contributed by atoms with Gasteiger partial charge in [0.15, 0.2) is 0 Å². The summed E-state index contributed by atoms with van der Waals surface area (Å²) in [5, 5.41) is 2.42. The van der Waals surface area contributed by atoms with Crippen LogP contribution in [0.15, 0.2) is 42.5 Å². The van der Waals surface area contributed by atoms with Gasteiger partial charge in [-0.15, -0.1) is 0 Å². The molecule has 0 aliphatic heterocycles. The fourth-order valence-electron chi connectivity index (χ4n) is 1.58. The molecular formula is C13H15O2P. The molecule has 2 rings (SSSR count). The van der Waals surface area contributed by atoms with E-state index in [4.69, 9.17) is 9.05 Å². The molecule has 0 bridgehead atoms. The minimum atomic E-state index is -0.812. The van der Waals surface area contributed by atoms with Crippen LogP contribution in [0, 0.1) is 0 Å². The van der Waals surface area contributed by atoms with Crippen LogP contribution in [0.3, 0.4) is 0 Å². The maximum Gasteiger partial charge on any atom is 0.226 e. The molecule has 2 aromatic carbocycles. The van der Waals surface area contributed by atoms with E-state index in [2.05, 4.69) is 18.2 Å². The summed E-state index contributed by atoms with van der Waals surface area (Å²) in [7, 11) is -0.812. The van der Waals surface area contributed by atoms with Gasteiger partial charge < -0.3 is 9.05 Å². The van der Waals surface area contributed by atoms with E-state index >= 15 is 0 Å². The largest absolute Gasteiger partial charge is 0.447 e. The molecule has 0 saturated heterocycles. The molecule has 2 aromatic rings. The molecule has 2 nitrogen and oxygen atoms in total. The van der Waals surface area contributed by atoms with E-state index in [-0.39, 0.29) is 0 Å². The number of hydrogen-bond donors (Lipinski definition) is 0. The van der Waals surface area contributed by atoms with Gasteiger partial charge in [-0.1, -0.05) is 30.3 Å². The van der Waals surface area contributed by atoms with Gasteiger partial charge in [0.25, 0.3) is 0 Å². The van der Waals surface area contributed by atoms with E-state index in [1.54, 1.807) is 0 Å². The molecular weight excluding hydrogens is 219 g/mol. The molecule has 0 spiro atoms. The molecule has 0 amide bonds. The SMILES string of the molecule is CCOP(C)Oc1ccc2ccccc2c1. The summed E-state index contributed by atoms with van der Waals surface area (Å²) in [6.07, 6.45) is 0. The van der Waals surface area contributed by atoms with Crippen molar-refractivity contribution >= 4 is 19.1 Å². The molecule has 0 radical (unpaired) electrons. The van der Waals surface area contributed by atoms with Crippen LogP contribution in [-0.4, -0.2) is 13.3 Å².